The minimum Gasteiger partial charge on any atom is -0.611 e. The van der Waals surface area contributed by atoms with Gasteiger partial charge in [-0.1, -0.05) is 35.3 Å². The highest BCUT2D eigenvalue weighted by molar-refractivity contribution is 7.93. The summed E-state index contributed by atoms with van der Waals surface area (Å²) in [5.74, 6) is -0.848. The van der Waals surface area contributed by atoms with Gasteiger partial charge in [-0.25, -0.2) is 9.78 Å². The summed E-state index contributed by atoms with van der Waals surface area (Å²) in [7, 11) is 3.01. The number of fused-ring (bicyclic) bond motifs is 1. The molecule has 3 rings (SSSR count). The fraction of sp³-hybridized carbons (Fsp3) is 0.348. The SMILES string of the molecule is COC(=O)C(C)(C)[S+]([O-])c1ccc([C@@H](C)NC(=O)c2cc3c(Cl)c(Cl)c(C)nc3n2C)cc1. The van der Waals surface area contributed by atoms with E-state index in [1.54, 1.807) is 62.7 Å². The lowest BCUT2D eigenvalue weighted by Gasteiger charge is -2.25. The predicted octanol–water partition coefficient (Wildman–Crippen LogP) is 4.74. The number of amides is 1. The van der Waals surface area contributed by atoms with Crippen molar-refractivity contribution in [3.63, 3.8) is 0 Å². The highest BCUT2D eigenvalue weighted by atomic mass is 35.5. The van der Waals surface area contributed by atoms with Crippen LogP contribution in [0.5, 0.6) is 0 Å². The number of halogens is 2. The van der Waals surface area contributed by atoms with Crippen LogP contribution in [-0.4, -0.2) is 37.8 Å². The molecule has 0 aliphatic rings. The van der Waals surface area contributed by atoms with Gasteiger partial charge in [0.15, 0.2) is 4.90 Å². The summed E-state index contributed by atoms with van der Waals surface area (Å²) in [5, 5.41) is 4.29. The van der Waals surface area contributed by atoms with E-state index in [4.69, 9.17) is 27.9 Å². The molecule has 1 unspecified atom stereocenters. The molecule has 7 nitrogen and oxygen atoms in total. The summed E-state index contributed by atoms with van der Waals surface area (Å²) in [6.07, 6.45) is 0. The molecule has 0 spiro atoms. The molecule has 2 atom stereocenters. The van der Waals surface area contributed by atoms with Crippen molar-refractivity contribution in [3.8, 4) is 0 Å². The molecule has 0 fully saturated rings. The van der Waals surface area contributed by atoms with Gasteiger partial charge in [0.25, 0.3) is 5.91 Å². The smallest absolute Gasteiger partial charge is 0.362 e. The van der Waals surface area contributed by atoms with Gasteiger partial charge in [0.1, 0.15) is 11.3 Å². The van der Waals surface area contributed by atoms with Gasteiger partial charge in [-0.05, 0) is 51.5 Å². The number of rotatable bonds is 6. The summed E-state index contributed by atoms with van der Waals surface area (Å²) in [6, 6.07) is 8.25. The van der Waals surface area contributed by atoms with E-state index in [-0.39, 0.29) is 11.9 Å². The predicted molar refractivity (Wildman–Crippen MR) is 130 cm³/mol. The third kappa shape index (κ3) is 4.71. The molecule has 10 heteroatoms. The second-order valence-electron chi connectivity index (χ2n) is 8.19. The Kier molecular flexibility index (Phi) is 7.33. The zero-order valence-electron chi connectivity index (χ0n) is 19.2. The van der Waals surface area contributed by atoms with Crippen LogP contribution in [0.4, 0.5) is 0 Å². The quantitative estimate of drug-likeness (QED) is 0.382. The van der Waals surface area contributed by atoms with Gasteiger partial charge in [-0.3, -0.25) is 4.79 Å². The first-order valence-electron chi connectivity index (χ1n) is 10.1. The number of nitrogens with zero attached hydrogens (tertiary/aromatic N) is 2. The second kappa shape index (κ2) is 9.54. The molecule has 1 N–H and O–H groups in total. The van der Waals surface area contributed by atoms with Crippen LogP contribution in [0, 0.1) is 6.92 Å². The molecule has 3 aromatic rings. The average Bonchev–Trinajstić information content (AvgIpc) is 3.12. The average molecular weight is 510 g/mol. The normalized spacial score (nSPS) is 13.6. The zero-order valence-corrected chi connectivity index (χ0v) is 21.5. The minimum absolute atomic E-state index is 0.299. The summed E-state index contributed by atoms with van der Waals surface area (Å²) < 4.78 is 18.1. The van der Waals surface area contributed by atoms with Crippen LogP contribution in [0.15, 0.2) is 35.2 Å². The van der Waals surface area contributed by atoms with Crippen molar-refractivity contribution < 1.29 is 18.9 Å². The highest BCUT2D eigenvalue weighted by Crippen LogP contribution is 2.33. The van der Waals surface area contributed by atoms with Gasteiger partial charge < -0.3 is 19.2 Å². The first-order valence-corrected chi connectivity index (χ1v) is 12.0. The number of hydrogen-bond donors (Lipinski definition) is 1. The molecule has 0 bridgehead atoms. The number of aryl methyl sites for hydroxylation is 2. The Labute approximate surface area is 205 Å². The summed E-state index contributed by atoms with van der Waals surface area (Å²) in [4.78, 5) is 29.9. The Bertz CT molecular complexity index is 1220. The molecule has 1 amide bonds. The molecular formula is C23H25Cl2N3O4S. The monoisotopic (exact) mass is 509 g/mol. The lowest BCUT2D eigenvalue weighted by molar-refractivity contribution is -0.142. The van der Waals surface area contributed by atoms with Crippen molar-refractivity contribution in [2.45, 2.75) is 43.4 Å². The number of carbonyl (C=O) groups excluding carboxylic acids is 2. The van der Waals surface area contributed by atoms with Gasteiger partial charge in [0.2, 0.25) is 4.75 Å². The van der Waals surface area contributed by atoms with Crippen LogP contribution < -0.4 is 5.32 Å². The molecule has 0 saturated carbocycles. The van der Waals surface area contributed by atoms with E-state index in [2.05, 4.69) is 10.3 Å². The van der Waals surface area contributed by atoms with E-state index in [1.807, 2.05) is 6.92 Å². The highest BCUT2D eigenvalue weighted by Gasteiger charge is 2.42. The second-order valence-corrected chi connectivity index (χ2v) is 11.0. The van der Waals surface area contributed by atoms with Crippen LogP contribution in [0.2, 0.25) is 10.0 Å². The molecule has 0 saturated heterocycles. The van der Waals surface area contributed by atoms with Crippen molar-refractivity contribution >= 4 is 57.3 Å². The van der Waals surface area contributed by atoms with Crippen molar-refractivity contribution in [2.75, 3.05) is 7.11 Å². The van der Waals surface area contributed by atoms with Crippen LogP contribution in [-0.2, 0) is 27.8 Å². The first-order chi connectivity index (χ1) is 15.4. The first kappa shape index (κ1) is 25.4. The number of methoxy groups -OCH3 is 1. The molecule has 2 aromatic heterocycles. The molecule has 176 valence electrons. The standard InChI is InChI=1S/C23H25Cl2N3O4S/c1-12(14-7-9-15(10-8-14)33(31)23(3,4)22(30)32-6)27-21(29)17-11-16-19(25)18(24)13(2)26-20(16)28(17)5/h7-12H,1-6H3,(H,27,29)/t12-,33?/m1/s1. The van der Waals surface area contributed by atoms with E-state index in [1.165, 1.54) is 7.11 Å². The lowest BCUT2D eigenvalue weighted by atomic mass is 10.1. The maximum absolute atomic E-state index is 13.0. The van der Waals surface area contributed by atoms with Crippen molar-refractivity contribution in [1.82, 2.24) is 14.9 Å². The third-order valence-electron chi connectivity index (χ3n) is 5.54. The van der Waals surface area contributed by atoms with Crippen LogP contribution in [0.25, 0.3) is 11.0 Å². The number of benzene rings is 1. The largest absolute Gasteiger partial charge is 0.611 e. The molecular weight excluding hydrogens is 485 g/mol. The lowest BCUT2D eigenvalue weighted by Crippen LogP contribution is -2.41. The summed E-state index contributed by atoms with van der Waals surface area (Å²) in [6.45, 7) is 6.75. The minimum atomic E-state index is -1.60. The topological polar surface area (TPSA) is 96.3 Å². The maximum atomic E-state index is 13.0. The number of nitrogens with one attached hydrogen (secondary N) is 1. The van der Waals surface area contributed by atoms with Gasteiger partial charge in [-0.15, -0.1) is 0 Å². The van der Waals surface area contributed by atoms with Crippen molar-refractivity contribution in [1.29, 1.82) is 0 Å². The number of hydrogen-bond acceptors (Lipinski definition) is 5. The molecule has 1 aromatic carbocycles. The Hall–Kier alpha value is -2.26. The van der Waals surface area contributed by atoms with E-state index in [9.17, 15) is 14.1 Å². The molecule has 33 heavy (non-hydrogen) atoms. The number of ether oxygens (including phenoxy) is 1. The van der Waals surface area contributed by atoms with E-state index >= 15 is 0 Å². The molecule has 2 heterocycles. The van der Waals surface area contributed by atoms with E-state index in [0.717, 1.165) is 5.56 Å². The number of aromatic nitrogens is 2. The van der Waals surface area contributed by atoms with E-state index < -0.39 is 21.9 Å². The number of pyridine rings is 1. The van der Waals surface area contributed by atoms with Crippen LogP contribution in [0.3, 0.4) is 0 Å². The maximum Gasteiger partial charge on any atom is 0.362 e. The Morgan fingerprint density at radius 2 is 1.82 bits per heavy atom. The van der Waals surface area contributed by atoms with Gasteiger partial charge in [-0.2, -0.15) is 0 Å². The fourth-order valence-electron chi connectivity index (χ4n) is 3.44. The van der Waals surface area contributed by atoms with Crippen LogP contribution in [0.1, 0.15) is 48.6 Å². The Morgan fingerprint density at radius 1 is 1.21 bits per heavy atom. The number of carbonyl (C=O) groups is 2. The van der Waals surface area contributed by atoms with Gasteiger partial charge >= 0.3 is 5.97 Å². The van der Waals surface area contributed by atoms with Crippen molar-refractivity contribution in [3.05, 3.63) is 57.3 Å². The van der Waals surface area contributed by atoms with Crippen molar-refractivity contribution in [2.24, 2.45) is 7.05 Å². The third-order valence-corrected chi connectivity index (χ3v) is 8.28. The fourth-order valence-corrected chi connectivity index (χ4v) is 5.07. The molecule has 0 aliphatic heterocycles. The van der Waals surface area contributed by atoms with E-state index in [0.29, 0.717) is 37.4 Å². The summed E-state index contributed by atoms with van der Waals surface area (Å²) >= 11 is 11.0. The summed E-state index contributed by atoms with van der Waals surface area (Å²) in [5.41, 5.74) is 2.36. The molecule has 0 radical (unpaired) electrons. The van der Waals surface area contributed by atoms with Gasteiger partial charge in [0.05, 0.1) is 28.9 Å². The number of esters is 1. The van der Waals surface area contributed by atoms with Gasteiger partial charge in [0, 0.05) is 23.6 Å². The zero-order chi connectivity index (χ0) is 24.7. The Morgan fingerprint density at radius 3 is 2.39 bits per heavy atom. The molecule has 0 aliphatic carbocycles. The van der Waals surface area contributed by atoms with Crippen LogP contribution >= 0.6 is 23.2 Å². The Balaban J connectivity index is 1.80.